The monoisotopic (exact) mass is 290 g/mol. The molecule has 0 N–H and O–H groups in total. The van der Waals surface area contributed by atoms with Gasteiger partial charge in [-0.05, 0) is 36.1 Å². The zero-order chi connectivity index (χ0) is 14.9. The van der Waals surface area contributed by atoms with Gasteiger partial charge in [0.25, 0.3) is 0 Å². The predicted octanol–water partition coefficient (Wildman–Crippen LogP) is 4.46. The SMILES string of the molecule is FC(F)(F)c1ccc(CN2CCCc3ccc[c]c32)cc1. The number of rotatable bonds is 2. The maximum Gasteiger partial charge on any atom is 0.416 e. The molecule has 0 amide bonds. The van der Waals surface area contributed by atoms with Crippen LogP contribution in [0.3, 0.4) is 0 Å². The van der Waals surface area contributed by atoms with Gasteiger partial charge in [0, 0.05) is 24.8 Å². The lowest BCUT2D eigenvalue weighted by atomic mass is 10.0. The second-order valence-corrected chi connectivity index (χ2v) is 5.26. The van der Waals surface area contributed by atoms with E-state index in [1.807, 2.05) is 12.1 Å². The number of aryl methyl sites for hydroxylation is 1. The quantitative estimate of drug-likeness (QED) is 0.789. The summed E-state index contributed by atoms with van der Waals surface area (Å²) >= 11 is 0. The van der Waals surface area contributed by atoms with Gasteiger partial charge in [0.1, 0.15) is 0 Å². The molecule has 1 heterocycles. The van der Waals surface area contributed by atoms with Gasteiger partial charge < -0.3 is 4.90 Å². The zero-order valence-electron chi connectivity index (χ0n) is 11.5. The van der Waals surface area contributed by atoms with Gasteiger partial charge in [0.2, 0.25) is 0 Å². The number of alkyl halides is 3. The standard InChI is InChI=1S/C17H15F3N/c18-17(19,20)15-9-7-13(8-10-15)12-21-11-3-5-14-4-1-2-6-16(14)21/h1-2,4,7-10H,3,5,11-12H2. The van der Waals surface area contributed by atoms with Crippen molar-refractivity contribution in [3.05, 3.63) is 65.2 Å². The Morgan fingerprint density at radius 1 is 1.10 bits per heavy atom. The summed E-state index contributed by atoms with van der Waals surface area (Å²) in [7, 11) is 0. The molecule has 1 aliphatic heterocycles. The summed E-state index contributed by atoms with van der Waals surface area (Å²) in [5.41, 5.74) is 2.62. The first-order chi connectivity index (χ1) is 10.0. The van der Waals surface area contributed by atoms with E-state index in [0.717, 1.165) is 42.8 Å². The maximum absolute atomic E-state index is 12.6. The average Bonchev–Trinajstić information content (AvgIpc) is 2.47. The molecule has 21 heavy (non-hydrogen) atoms. The molecule has 0 bridgehead atoms. The summed E-state index contributed by atoms with van der Waals surface area (Å²) in [6.45, 7) is 1.53. The zero-order valence-corrected chi connectivity index (χ0v) is 11.5. The van der Waals surface area contributed by atoms with E-state index < -0.39 is 11.7 Å². The molecule has 0 saturated carbocycles. The van der Waals surface area contributed by atoms with Crippen molar-refractivity contribution in [1.29, 1.82) is 0 Å². The highest BCUT2D eigenvalue weighted by atomic mass is 19.4. The van der Waals surface area contributed by atoms with Gasteiger partial charge in [-0.3, -0.25) is 0 Å². The van der Waals surface area contributed by atoms with Crippen LogP contribution in [0.1, 0.15) is 23.1 Å². The Bertz CT molecular complexity index is 617. The van der Waals surface area contributed by atoms with Crippen molar-refractivity contribution in [3.63, 3.8) is 0 Å². The molecule has 2 aromatic carbocycles. The number of halogens is 3. The maximum atomic E-state index is 12.6. The van der Waals surface area contributed by atoms with E-state index in [0.29, 0.717) is 6.54 Å². The molecule has 1 aliphatic rings. The Kier molecular flexibility index (Phi) is 3.62. The molecule has 109 valence electrons. The van der Waals surface area contributed by atoms with Crippen LogP contribution in [-0.2, 0) is 19.1 Å². The smallest absolute Gasteiger partial charge is 0.366 e. The van der Waals surface area contributed by atoms with Gasteiger partial charge in [-0.15, -0.1) is 0 Å². The molecule has 2 aromatic rings. The molecule has 0 atom stereocenters. The van der Waals surface area contributed by atoms with Gasteiger partial charge in [0.15, 0.2) is 0 Å². The van der Waals surface area contributed by atoms with E-state index in [-0.39, 0.29) is 0 Å². The Labute approximate surface area is 122 Å². The van der Waals surface area contributed by atoms with Crippen LogP contribution in [-0.4, -0.2) is 6.54 Å². The van der Waals surface area contributed by atoms with Crippen molar-refractivity contribution in [1.82, 2.24) is 0 Å². The van der Waals surface area contributed by atoms with Gasteiger partial charge in [-0.1, -0.05) is 30.3 Å². The van der Waals surface area contributed by atoms with Crippen LogP contribution in [0.4, 0.5) is 18.9 Å². The van der Waals surface area contributed by atoms with Crippen LogP contribution < -0.4 is 4.90 Å². The molecule has 1 nitrogen and oxygen atoms in total. The van der Waals surface area contributed by atoms with Gasteiger partial charge >= 0.3 is 6.18 Å². The summed E-state index contributed by atoms with van der Waals surface area (Å²) in [6.07, 6.45) is -2.17. The van der Waals surface area contributed by atoms with E-state index in [1.54, 1.807) is 12.1 Å². The predicted molar refractivity (Wildman–Crippen MR) is 76.1 cm³/mol. The van der Waals surface area contributed by atoms with Crippen molar-refractivity contribution in [2.75, 3.05) is 11.4 Å². The third kappa shape index (κ3) is 3.04. The van der Waals surface area contributed by atoms with Gasteiger partial charge in [-0.2, -0.15) is 13.2 Å². The number of benzene rings is 2. The molecule has 4 heteroatoms. The first kappa shape index (κ1) is 14.0. The van der Waals surface area contributed by atoms with Crippen LogP contribution in [0.25, 0.3) is 0 Å². The highest BCUT2D eigenvalue weighted by molar-refractivity contribution is 5.54. The van der Waals surface area contributed by atoms with Crippen molar-refractivity contribution >= 4 is 5.69 Å². The lowest BCUT2D eigenvalue weighted by Crippen LogP contribution is -2.28. The molecule has 0 unspecified atom stereocenters. The molecule has 1 radical (unpaired) electrons. The Hall–Kier alpha value is -1.97. The fourth-order valence-electron chi connectivity index (χ4n) is 2.71. The summed E-state index contributed by atoms with van der Waals surface area (Å²) in [6, 6.07) is 14.6. The highest BCUT2D eigenvalue weighted by Crippen LogP contribution is 2.30. The second kappa shape index (κ2) is 5.43. The fourth-order valence-corrected chi connectivity index (χ4v) is 2.71. The van der Waals surface area contributed by atoms with Crippen LogP contribution >= 0.6 is 0 Å². The molecular weight excluding hydrogens is 275 g/mol. The van der Waals surface area contributed by atoms with Crippen molar-refractivity contribution in [2.45, 2.75) is 25.6 Å². The number of hydrogen-bond donors (Lipinski definition) is 0. The lowest BCUT2D eigenvalue weighted by molar-refractivity contribution is -0.137. The first-order valence-electron chi connectivity index (χ1n) is 6.95. The molecule has 0 aliphatic carbocycles. The van der Waals surface area contributed by atoms with Crippen LogP contribution in [0, 0.1) is 6.07 Å². The van der Waals surface area contributed by atoms with E-state index in [2.05, 4.69) is 17.0 Å². The summed E-state index contributed by atoms with van der Waals surface area (Å²) in [5, 5.41) is 0. The molecule has 3 rings (SSSR count). The third-order valence-electron chi connectivity index (χ3n) is 3.76. The van der Waals surface area contributed by atoms with Crippen LogP contribution in [0.2, 0.25) is 0 Å². The minimum atomic E-state index is -4.27. The molecular formula is C17H15F3N. The second-order valence-electron chi connectivity index (χ2n) is 5.26. The number of para-hydroxylation sites is 1. The molecule has 0 fully saturated rings. The van der Waals surface area contributed by atoms with Crippen LogP contribution in [0.5, 0.6) is 0 Å². The number of anilines is 1. The summed E-state index contributed by atoms with van der Waals surface area (Å²) in [4.78, 5) is 2.18. The van der Waals surface area contributed by atoms with Crippen molar-refractivity contribution in [3.8, 4) is 0 Å². The number of hydrogen-bond acceptors (Lipinski definition) is 1. The summed E-state index contributed by atoms with van der Waals surface area (Å²) < 4.78 is 37.7. The average molecular weight is 290 g/mol. The molecule has 0 aromatic heterocycles. The van der Waals surface area contributed by atoms with E-state index >= 15 is 0 Å². The largest absolute Gasteiger partial charge is 0.416 e. The van der Waals surface area contributed by atoms with Crippen LogP contribution in [0.15, 0.2) is 42.5 Å². The van der Waals surface area contributed by atoms with Gasteiger partial charge in [0.05, 0.1) is 5.56 Å². The minimum absolute atomic E-state index is 0.600. The third-order valence-corrected chi connectivity index (χ3v) is 3.76. The van der Waals surface area contributed by atoms with E-state index in [1.165, 1.54) is 5.56 Å². The Morgan fingerprint density at radius 2 is 1.86 bits per heavy atom. The summed E-state index contributed by atoms with van der Waals surface area (Å²) in [5.74, 6) is 0. The number of nitrogens with zero attached hydrogens (tertiary/aromatic N) is 1. The fraction of sp³-hybridized carbons (Fsp3) is 0.294. The topological polar surface area (TPSA) is 3.24 Å². The highest BCUT2D eigenvalue weighted by Gasteiger charge is 2.30. The normalized spacial score (nSPS) is 14.9. The Morgan fingerprint density at radius 3 is 2.57 bits per heavy atom. The number of fused-ring (bicyclic) bond motifs is 1. The lowest BCUT2D eigenvalue weighted by Gasteiger charge is -2.31. The van der Waals surface area contributed by atoms with E-state index in [9.17, 15) is 13.2 Å². The first-order valence-corrected chi connectivity index (χ1v) is 6.95. The minimum Gasteiger partial charge on any atom is -0.366 e. The molecule has 0 spiro atoms. The van der Waals surface area contributed by atoms with Crippen molar-refractivity contribution < 1.29 is 13.2 Å². The molecule has 0 saturated heterocycles. The van der Waals surface area contributed by atoms with E-state index in [4.69, 9.17) is 0 Å². The van der Waals surface area contributed by atoms with Crippen molar-refractivity contribution in [2.24, 2.45) is 0 Å². The Balaban J connectivity index is 1.79. The van der Waals surface area contributed by atoms with Gasteiger partial charge in [-0.25, -0.2) is 0 Å².